The Labute approximate surface area is 155 Å². The quantitative estimate of drug-likeness (QED) is 0.854. The second-order valence-electron chi connectivity index (χ2n) is 6.47. The van der Waals surface area contributed by atoms with Gasteiger partial charge in [-0.3, -0.25) is 14.4 Å². The van der Waals surface area contributed by atoms with E-state index >= 15 is 0 Å². The molecule has 0 unspecified atom stereocenters. The molecule has 138 valence electrons. The van der Waals surface area contributed by atoms with Crippen molar-refractivity contribution in [3.63, 3.8) is 0 Å². The number of carbonyl (C=O) groups is 2. The smallest absolute Gasteiger partial charge is 0.264 e. The molecule has 2 aromatic heterocycles. The molecule has 9 heteroatoms. The van der Waals surface area contributed by atoms with Gasteiger partial charge in [0.1, 0.15) is 10.4 Å². The van der Waals surface area contributed by atoms with Crippen molar-refractivity contribution in [1.82, 2.24) is 24.4 Å². The van der Waals surface area contributed by atoms with Crippen LogP contribution >= 0.6 is 11.5 Å². The molecular formula is C17H21N5O3S. The van der Waals surface area contributed by atoms with E-state index in [1.807, 2.05) is 0 Å². The minimum absolute atomic E-state index is 0.149. The molecule has 8 nitrogen and oxygen atoms in total. The zero-order chi connectivity index (χ0) is 18.7. The summed E-state index contributed by atoms with van der Waals surface area (Å²) >= 11 is 1.09. The number of hydrogen-bond acceptors (Lipinski definition) is 6. The molecule has 0 aliphatic carbocycles. The van der Waals surface area contributed by atoms with E-state index in [2.05, 4.69) is 14.9 Å². The van der Waals surface area contributed by atoms with Crippen molar-refractivity contribution in [2.45, 2.75) is 19.8 Å². The molecule has 1 aliphatic rings. The van der Waals surface area contributed by atoms with Crippen LogP contribution in [0.2, 0.25) is 0 Å². The van der Waals surface area contributed by atoms with Gasteiger partial charge in [0, 0.05) is 32.9 Å². The molecule has 1 saturated heterocycles. The number of nitrogens with one attached hydrogen (secondary N) is 1. The van der Waals surface area contributed by atoms with Crippen LogP contribution in [-0.2, 0) is 7.05 Å². The number of pyridine rings is 1. The van der Waals surface area contributed by atoms with Gasteiger partial charge in [-0.2, -0.15) is 0 Å². The molecule has 1 fully saturated rings. The highest BCUT2D eigenvalue weighted by molar-refractivity contribution is 7.07. The third kappa shape index (κ3) is 3.82. The highest BCUT2D eigenvalue weighted by Crippen LogP contribution is 2.18. The van der Waals surface area contributed by atoms with Gasteiger partial charge in [-0.05, 0) is 49.3 Å². The first-order valence-electron chi connectivity index (χ1n) is 8.49. The Kier molecular flexibility index (Phi) is 5.46. The van der Waals surface area contributed by atoms with Gasteiger partial charge in [-0.25, -0.2) is 0 Å². The van der Waals surface area contributed by atoms with E-state index in [-0.39, 0.29) is 22.9 Å². The summed E-state index contributed by atoms with van der Waals surface area (Å²) in [6.07, 6.45) is 3.21. The first kappa shape index (κ1) is 18.2. The predicted octanol–water partition coefficient (Wildman–Crippen LogP) is 0.827. The van der Waals surface area contributed by atoms with Crippen LogP contribution in [0.1, 0.15) is 38.6 Å². The molecule has 0 aromatic carbocycles. The normalized spacial score (nSPS) is 15.1. The summed E-state index contributed by atoms with van der Waals surface area (Å²) in [6.45, 7) is 3.48. The Balaban J connectivity index is 1.52. The van der Waals surface area contributed by atoms with Crippen molar-refractivity contribution in [2.24, 2.45) is 13.0 Å². The monoisotopic (exact) mass is 375 g/mol. The molecule has 0 spiro atoms. The number of carbonyl (C=O) groups excluding carboxylic acids is 2. The summed E-state index contributed by atoms with van der Waals surface area (Å²) in [5.74, 6) is -0.0633. The van der Waals surface area contributed by atoms with Crippen molar-refractivity contribution in [2.75, 3.05) is 19.6 Å². The zero-order valence-corrected chi connectivity index (χ0v) is 15.6. The molecule has 26 heavy (non-hydrogen) atoms. The highest BCUT2D eigenvalue weighted by atomic mass is 32.1. The SMILES string of the molecule is Cc1nnsc1C(=O)NCC1CCN(C(=O)c2cccn(C)c2=O)CC1. The predicted molar refractivity (Wildman–Crippen MR) is 97.3 cm³/mol. The first-order valence-corrected chi connectivity index (χ1v) is 9.26. The lowest BCUT2D eigenvalue weighted by atomic mass is 9.96. The van der Waals surface area contributed by atoms with Crippen LogP contribution in [0.3, 0.4) is 0 Å². The van der Waals surface area contributed by atoms with E-state index in [0.29, 0.717) is 36.1 Å². The van der Waals surface area contributed by atoms with Gasteiger partial charge >= 0.3 is 0 Å². The maximum atomic E-state index is 12.6. The Bertz CT molecular complexity index is 867. The topological polar surface area (TPSA) is 97.2 Å². The maximum absolute atomic E-state index is 12.6. The Morgan fingerprint density at radius 1 is 1.35 bits per heavy atom. The average molecular weight is 375 g/mol. The fraction of sp³-hybridized carbons (Fsp3) is 0.471. The molecule has 0 bridgehead atoms. The molecule has 3 heterocycles. The molecule has 3 rings (SSSR count). The van der Waals surface area contributed by atoms with Gasteiger partial charge in [0.2, 0.25) is 0 Å². The van der Waals surface area contributed by atoms with E-state index in [9.17, 15) is 14.4 Å². The fourth-order valence-electron chi connectivity index (χ4n) is 3.03. The molecule has 0 saturated carbocycles. The summed E-state index contributed by atoms with van der Waals surface area (Å²) in [5, 5.41) is 6.76. The lowest BCUT2D eigenvalue weighted by Crippen LogP contribution is -2.43. The lowest BCUT2D eigenvalue weighted by molar-refractivity contribution is 0.0682. The number of rotatable bonds is 4. The van der Waals surface area contributed by atoms with E-state index in [0.717, 1.165) is 24.4 Å². The molecule has 1 N–H and O–H groups in total. The molecule has 2 aromatic rings. The third-order valence-electron chi connectivity index (χ3n) is 4.66. The Morgan fingerprint density at radius 3 is 2.73 bits per heavy atom. The Hall–Kier alpha value is -2.55. The number of aromatic nitrogens is 3. The van der Waals surface area contributed by atoms with E-state index < -0.39 is 0 Å². The number of amides is 2. The number of nitrogens with zero attached hydrogens (tertiary/aromatic N) is 4. The van der Waals surface area contributed by atoms with Gasteiger partial charge in [0.25, 0.3) is 17.4 Å². The molecule has 1 aliphatic heterocycles. The van der Waals surface area contributed by atoms with Crippen LogP contribution < -0.4 is 10.9 Å². The second-order valence-corrected chi connectivity index (χ2v) is 7.23. The van der Waals surface area contributed by atoms with Crippen LogP contribution in [0.4, 0.5) is 0 Å². The highest BCUT2D eigenvalue weighted by Gasteiger charge is 2.26. The van der Waals surface area contributed by atoms with Crippen LogP contribution in [0.15, 0.2) is 23.1 Å². The van der Waals surface area contributed by atoms with Crippen LogP contribution in [0, 0.1) is 12.8 Å². The minimum Gasteiger partial charge on any atom is -0.351 e. The van der Waals surface area contributed by atoms with Crippen LogP contribution in [-0.4, -0.2) is 50.5 Å². The minimum atomic E-state index is -0.277. The lowest BCUT2D eigenvalue weighted by Gasteiger charge is -2.32. The summed E-state index contributed by atoms with van der Waals surface area (Å²) in [6, 6.07) is 3.27. The fourth-order valence-corrected chi connectivity index (χ4v) is 3.60. The van der Waals surface area contributed by atoms with Crippen molar-refractivity contribution < 1.29 is 9.59 Å². The molecular weight excluding hydrogens is 354 g/mol. The van der Waals surface area contributed by atoms with E-state index in [4.69, 9.17) is 0 Å². The van der Waals surface area contributed by atoms with Crippen LogP contribution in [0.25, 0.3) is 0 Å². The number of piperidine rings is 1. The third-order valence-corrected chi connectivity index (χ3v) is 5.49. The Morgan fingerprint density at radius 2 is 2.08 bits per heavy atom. The number of aryl methyl sites for hydroxylation is 2. The largest absolute Gasteiger partial charge is 0.351 e. The average Bonchev–Trinajstić information content (AvgIpc) is 3.08. The number of hydrogen-bond donors (Lipinski definition) is 1. The van der Waals surface area contributed by atoms with Gasteiger partial charge in [-0.1, -0.05) is 4.49 Å². The van der Waals surface area contributed by atoms with Gasteiger partial charge < -0.3 is 14.8 Å². The van der Waals surface area contributed by atoms with Crippen LogP contribution in [0.5, 0.6) is 0 Å². The zero-order valence-electron chi connectivity index (χ0n) is 14.8. The maximum Gasteiger partial charge on any atom is 0.264 e. The summed E-state index contributed by atoms with van der Waals surface area (Å²) in [7, 11) is 1.63. The first-order chi connectivity index (χ1) is 12.5. The summed E-state index contributed by atoms with van der Waals surface area (Å²) in [5.41, 5.74) is 0.563. The molecule has 2 amide bonds. The van der Waals surface area contributed by atoms with Gasteiger partial charge in [0.05, 0.1) is 5.69 Å². The van der Waals surface area contributed by atoms with Crippen molar-refractivity contribution in [1.29, 1.82) is 0 Å². The van der Waals surface area contributed by atoms with Crippen molar-refractivity contribution in [3.8, 4) is 0 Å². The summed E-state index contributed by atoms with van der Waals surface area (Å²) < 4.78 is 5.18. The molecule has 0 atom stereocenters. The number of likely N-dealkylation sites (tertiary alicyclic amines) is 1. The van der Waals surface area contributed by atoms with Crippen molar-refractivity contribution >= 4 is 23.3 Å². The standard InChI is InChI=1S/C17H21N5O3S/c1-11-14(26-20-19-11)15(23)18-10-12-5-8-22(9-6-12)17(25)13-4-3-7-21(2)16(13)24/h3-4,7,12H,5-6,8-10H2,1-2H3,(H,18,23). The summed E-state index contributed by atoms with van der Waals surface area (Å²) in [4.78, 5) is 39.0. The van der Waals surface area contributed by atoms with Crippen molar-refractivity contribution in [3.05, 3.63) is 44.8 Å². The van der Waals surface area contributed by atoms with E-state index in [1.165, 1.54) is 4.57 Å². The molecule has 0 radical (unpaired) electrons. The van der Waals surface area contributed by atoms with Gasteiger partial charge in [0.15, 0.2) is 0 Å². The second kappa shape index (κ2) is 7.77. The van der Waals surface area contributed by atoms with Gasteiger partial charge in [-0.15, -0.1) is 5.10 Å². The van der Waals surface area contributed by atoms with E-state index in [1.54, 1.807) is 37.2 Å².